The number of nitrogens with one attached hydrogen (secondary N) is 2. The highest BCUT2D eigenvalue weighted by Crippen LogP contribution is 2.34. The highest BCUT2D eigenvalue weighted by Gasteiger charge is 2.34. The predicted molar refractivity (Wildman–Crippen MR) is 144 cm³/mol. The van der Waals surface area contributed by atoms with Crippen LogP contribution in [0, 0.1) is 0 Å². The molecule has 38 heavy (non-hydrogen) atoms. The molecule has 1 aromatic heterocycles. The van der Waals surface area contributed by atoms with Crippen molar-refractivity contribution in [2.75, 3.05) is 24.6 Å². The zero-order valence-corrected chi connectivity index (χ0v) is 20.8. The van der Waals surface area contributed by atoms with Gasteiger partial charge in [-0.3, -0.25) is 19.3 Å². The summed E-state index contributed by atoms with van der Waals surface area (Å²) in [5.74, 6) is -1.18. The zero-order valence-electron chi connectivity index (χ0n) is 20.8. The van der Waals surface area contributed by atoms with Gasteiger partial charge in [0.25, 0.3) is 5.91 Å². The Kier molecular flexibility index (Phi) is 7.80. The van der Waals surface area contributed by atoms with Crippen LogP contribution in [0.3, 0.4) is 0 Å². The molecule has 8 heteroatoms. The van der Waals surface area contributed by atoms with Crippen LogP contribution in [-0.2, 0) is 14.3 Å². The van der Waals surface area contributed by atoms with Crippen LogP contribution in [-0.4, -0.2) is 43.5 Å². The van der Waals surface area contributed by atoms with Crippen molar-refractivity contribution in [1.82, 2.24) is 10.6 Å². The Morgan fingerprint density at radius 2 is 1.68 bits per heavy atom. The van der Waals surface area contributed by atoms with Gasteiger partial charge in [0.2, 0.25) is 11.8 Å². The molecular formula is C30H29N3O5. The van der Waals surface area contributed by atoms with Crippen molar-refractivity contribution in [3.63, 3.8) is 0 Å². The summed E-state index contributed by atoms with van der Waals surface area (Å²) in [6, 6.07) is 24.6. The van der Waals surface area contributed by atoms with Crippen molar-refractivity contribution >= 4 is 34.2 Å². The Balaban J connectivity index is 1.52. The van der Waals surface area contributed by atoms with Crippen LogP contribution >= 0.6 is 0 Å². The van der Waals surface area contributed by atoms with Gasteiger partial charge in [-0.2, -0.15) is 0 Å². The second-order valence-electron chi connectivity index (χ2n) is 9.12. The van der Waals surface area contributed by atoms with Crippen LogP contribution in [0.1, 0.15) is 35.0 Å². The standard InChI is InChI=1S/C30H29N3O5/c34-27(20-32-29(35)26-16-8-18-38-26)33(25-15-6-12-21-9-4-5-14-24(21)25)28(22-10-2-1-3-11-22)30(36)31-19-23-13-7-17-37-23/h1-6,8-12,14-16,18,23,28H,7,13,17,19-20H2,(H,31,36)(H,32,35)/t23-,28-/m1/s1. The van der Waals surface area contributed by atoms with Crippen molar-refractivity contribution < 1.29 is 23.5 Å². The van der Waals surface area contributed by atoms with E-state index in [9.17, 15) is 14.4 Å². The molecule has 0 radical (unpaired) electrons. The van der Waals surface area contributed by atoms with Crippen LogP contribution in [0.15, 0.2) is 95.6 Å². The number of amides is 3. The van der Waals surface area contributed by atoms with E-state index in [0.717, 1.165) is 23.6 Å². The van der Waals surface area contributed by atoms with E-state index in [0.29, 0.717) is 24.4 Å². The number of nitrogens with zero attached hydrogens (tertiary/aromatic N) is 1. The number of benzene rings is 3. The first-order valence-corrected chi connectivity index (χ1v) is 12.7. The Bertz CT molecular complexity index is 1390. The molecule has 3 amide bonds. The van der Waals surface area contributed by atoms with Crippen molar-refractivity contribution in [1.29, 1.82) is 0 Å². The molecule has 2 N–H and O–H groups in total. The van der Waals surface area contributed by atoms with Crippen LogP contribution < -0.4 is 15.5 Å². The molecule has 0 unspecified atom stereocenters. The van der Waals surface area contributed by atoms with E-state index >= 15 is 0 Å². The summed E-state index contributed by atoms with van der Waals surface area (Å²) in [5.41, 5.74) is 1.22. The SMILES string of the molecule is O=C(NCC(=O)N(c1cccc2ccccc12)[C@@H](C(=O)NC[C@H]1CCCO1)c1ccccc1)c1ccco1. The van der Waals surface area contributed by atoms with E-state index in [1.54, 1.807) is 6.07 Å². The molecule has 5 rings (SSSR count). The summed E-state index contributed by atoms with van der Waals surface area (Å²) in [7, 11) is 0. The van der Waals surface area contributed by atoms with Gasteiger partial charge in [-0.1, -0.05) is 66.7 Å². The Morgan fingerprint density at radius 1 is 0.895 bits per heavy atom. The molecule has 8 nitrogen and oxygen atoms in total. The number of rotatable bonds is 9. The Hall–Kier alpha value is -4.43. The lowest BCUT2D eigenvalue weighted by Gasteiger charge is -2.32. The average Bonchev–Trinajstić information content (AvgIpc) is 3.68. The summed E-state index contributed by atoms with van der Waals surface area (Å²) in [6.07, 6.45) is 3.17. The van der Waals surface area contributed by atoms with Gasteiger partial charge < -0.3 is 19.8 Å². The van der Waals surface area contributed by atoms with Crippen molar-refractivity contribution in [3.8, 4) is 0 Å². The fourth-order valence-corrected chi connectivity index (χ4v) is 4.74. The topological polar surface area (TPSA) is 101 Å². The van der Waals surface area contributed by atoms with Gasteiger partial charge in [-0.15, -0.1) is 0 Å². The quantitative estimate of drug-likeness (QED) is 0.350. The highest BCUT2D eigenvalue weighted by molar-refractivity contribution is 6.09. The molecule has 2 atom stereocenters. The smallest absolute Gasteiger partial charge is 0.287 e. The van der Waals surface area contributed by atoms with Gasteiger partial charge in [-0.05, 0) is 42.0 Å². The molecule has 0 aliphatic carbocycles. The number of ether oxygens (including phenoxy) is 1. The summed E-state index contributed by atoms with van der Waals surface area (Å²) >= 11 is 0. The number of carbonyl (C=O) groups is 3. The number of anilines is 1. The number of carbonyl (C=O) groups excluding carboxylic acids is 3. The molecule has 3 aromatic carbocycles. The van der Waals surface area contributed by atoms with E-state index < -0.39 is 17.9 Å². The van der Waals surface area contributed by atoms with E-state index in [-0.39, 0.29) is 24.3 Å². The first kappa shape index (κ1) is 25.2. The van der Waals surface area contributed by atoms with E-state index in [1.165, 1.54) is 17.2 Å². The second kappa shape index (κ2) is 11.7. The number of fused-ring (bicyclic) bond motifs is 1. The predicted octanol–water partition coefficient (Wildman–Crippen LogP) is 4.23. The molecule has 0 bridgehead atoms. The third-order valence-electron chi connectivity index (χ3n) is 6.59. The van der Waals surface area contributed by atoms with E-state index in [4.69, 9.17) is 9.15 Å². The van der Waals surface area contributed by atoms with Crippen LogP contribution in [0.25, 0.3) is 10.8 Å². The monoisotopic (exact) mass is 511 g/mol. The van der Waals surface area contributed by atoms with Gasteiger partial charge in [-0.25, -0.2) is 0 Å². The van der Waals surface area contributed by atoms with Crippen LogP contribution in [0.5, 0.6) is 0 Å². The van der Waals surface area contributed by atoms with Gasteiger partial charge in [0.1, 0.15) is 6.04 Å². The Labute approximate surface area is 220 Å². The average molecular weight is 512 g/mol. The van der Waals surface area contributed by atoms with Gasteiger partial charge in [0.15, 0.2) is 5.76 Å². The third kappa shape index (κ3) is 5.60. The normalized spacial score (nSPS) is 15.6. The fourth-order valence-electron chi connectivity index (χ4n) is 4.74. The van der Waals surface area contributed by atoms with E-state index in [2.05, 4.69) is 10.6 Å². The van der Waals surface area contributed by atoms with Gasteiger partial charge >= 0.3 is 0 Å². The minimum Gasteiger partial charge on any atom is -0.459 e. The summed E-state index contributed by atoms with van der Waals surface area (Å²) < 4.78 is 10.8. The molecular weight excluding hydrogens is 482 g/mol. The molecule has 4 aromatic rings. The molecule has 1 aliphatic heterocycles. The maximum atomic E-state index is 13.9. The van der Waals surface area contributed by atoms with Crippen molar-refractivity contribution in [3.05, 3.63) is 103 Å². The largest absolute Gasteiger partial charge is 0.459 e. The molecule has 0 spiro atoms. The molecule has 0 saturated carbocycles. The van der Waals surface area contributed by atoms with Gasteiger partial charge in [0, 0.05) is 18.5 Å². The molecule has 1 saturated heterocycles. The lowest BCUT2D eigenvalue weighted by atomic mass is 10.0. The van der Waals surface area contributed by atoms with Gasteiger partial charge in [0.05, 0.1) is 24.6 Å². The third-order valence-corrected chi connectivity index (χ3v) is 6.59. The summed E-state index contributed by atoms with van der Waals surface area (Å²) in [6.45, 7) is 0.707. The van der Waals surface area contributed by atoms with Crippen LogP contribution in [0.2, 0.25) is 0 Å². The summed E-state index contributed by atoms with van der Waals surface area (Å²) in [4.78, 5) is 41.7. The Morgan fingerprint density at radius 3 is 2.45 bits per heavy atom. The number of furan rings is 1. The maximum absolute atomic E-state index is 13.9. The molecule has 2 heterocycles. The van der Waals surface area contributed by atoms with E-state index in [1.807, 2.05) is 72.8 Å². The van der Waals surface area contributed by atoms with Crippen LogP contribution in [0.4, 0.5) is 5.69 Å². The maximum Gasteiger partial charge on any atom is 0.287 e. The number of hydrogen-bond donors (Lipinski definition) is 2. The lowest BCUT2D eigenvalue weighted by molar-refractivity contribution is -0.126. The summed E-state index contributed by atoms with van der Waals surface area (Å²) in [5, 5.41) is 7.37. The molecule has 194 valence electrons. The van der Waals surface area contributed by atoms with Crippen molar-refractivity contribution in [2.45, 2.75) is 25.0 Å². The zero-order chi connectivity index (χ0) is 26.3. The molecule has 1 aliphatic rings. The first-order valence-electron chi connectivity index (χ1n) is 12.7. The minimum absolute atomic E-state index is 0.0512. The lowest BCUT2D eigenvalue weighted by Crippen LogP contribution is -2.48. The number of hydrogen-bond acceptors (Lipinski definition) is 5. The highest BCUT2D eigenvalue weighted by atomic mass is 16.5. The fraction of sp³-hybridized carbons (Fsp3) is 0.233. The second-order valence-corrected chi connectivity index (χ2v) is 9.12. The minimum atomic E-state index is -0.976. The molecule has 1 fully saturated rings. The van der Waals surface area contributed by atoms with Crippen molar-refractivity contribution in [2.24, 2.45) is 0 Å². The first-order chi connectivity index (χ1) is 18.6.